The molecule has 1 amide bonds. The van der Waals surface area contributed by atoms with Gasteiger partial charge >= 0.3 is 0 Å². The molecular formula is C24H26BrN3O2. The first-order chi connectivity index (χ1) is 14.3. The topological polar surface area (TPSA) is 59.2 Å². The van der Waals surface area contributed by atoms with E-state index < -0.39 is 0 Å². The molecule has 0 radical (unpaired) electrons. The molecule has 0 saturated carbocycles. The summed E-state index contributed by atoms with van der Waals surface area (Å²) in [6, 6.07) is 15.8. The van der Waals surface area contributed by atoms with E-state index in [1.807, 2.05) is 41.3 Å². The van der Waals surface area contributed by atoms with Gasteiger partial charge in [-0.25, -0.2) is 0 Å². The Labute approximate surface area is 185 Å². The normalized spacial score (nSPS) is 15.4. The SMILES string of the molecule is CC(C)(C)c1ccc(C(=O)N2CCC(c3nc(-c4ccc(Br)cc4)no3)CC2)cc1. The minimum absolute atomic E-state index is 0.0824. The summed E-state index contributed by atoms with van der Waals surface area (Å²) in [5.41, 5.74) is 2.99. The fraction of sp³-hybridized carbons (Fsp3) is 0.375. The van der Waals surface area contributed by atoms with Crippen LogP contribution in [0.2, 0.25) is 0 Å². The maximum atomic E-state index is 12.9. The van der Waals surface area contributed by atoms with Crippen LogP contribution in [0.4, 0.5) is 0 Å². The van der Waals surface area contributed by atoms with Crippen molar-refractivity contribution in [3.8, 4) is 11.4 Å². The quantitative estimate of drug-likeness (QED) is 0.486. The Kier molecular flexibility index (Phi) is 5.78. The van der Waals surface area contributed by atoms with E-state index in [-0.39, 0.29) is 17.2 Å². The van der Waals surface area contributed by atoms with Crippen LogP contribution in [0.3, 0.4) is 0 Å². The number of carbonyl (C=O) groups is 1. The van der Waals surface area contributed by atoms with E-state index in [4.69, 9.17) is 4.52 Å². The lowest BCUT2D eigenvalue weighted by Gasteiger charge is -2.30. The van der Waals surface area contributed by atoms with Crippen molar-refractivity contribution in [2.24, 2.45) is 0 Å². The Morgan fingerprint density at radius 1 is 1.03 bits per heavy atom. The van der Waals surface area contributed by atoms with Crippen molar-refractivity contribution in [1.82, 2.24) is 15.0 Å². The van der Waals surface area contributed by atoms with Crippen LogP contribution >= 0.6 is 15.9 Å². The summed E-state index contributed by atoms with van der Waals surface area (Å²) in [5, 5.41) is 4.14. The number of amides is 1. The molecule has 2 aromatic carbocycles. The predicted octanol–water partition coefficient (Wildman–Crippen LogP) is 5.82. The predicted molar refractivity (Wildman–Crippen MR) is 120 cm³/mol. The van der Waals surface area contributed by atoms with Crippen LogP contribution in [0.1, 0.15) is 61.3 Å². The van der Waals surface area contributed by atoms with Gasteiger partial charge in [-0.2, -0.15) is 4.98 Å². The third kappa shape index (κ3) is 4.48. The Morgan fingerprint density at radius 3 is 2.27 bits per heavy atom. The molecule has 0 unspecified atom stereocenters. The summed E-state index contributed by atoms with van der Waals surface area (Å²) in [5.74, 6) is 1.55. The van der Waals surface area contributed by atoms with E-state index in [0.29, 0.717) is 24.8 Å². The number of hydrogen-bond acceptors (Lipinski definition) is 4. The number of benzene rings is 2. The van der Waals surface area contributed by atoms with Crippen LogP contribution < -0.4 is 0 Å². The average molecular weight is 468 g/mol. The molecule has 1 aliphatic rings. The van der Waals surface area contributed by atoms with Crippen molar-refractivity contribution in [2.45, 2.75) is 44.9 Å². The van der Waals surface area contributed by atoms with E-state index >= 15 is 0 Å². The molecule has 1 fully saturated rings. The second-order valence-electron chi connectivity index (χ2n) is 8.86. The van der Waals surface area contributed by atoms with E-state index in [2.05, 4.69) is 59.0 Å². The van der Waals surface area contributed by atoms with Crippen molar-refractivity contribution < 1.29 is 9.32 Å². The zero-order valence-electron chi connectivity index (χ0n) is 17.6. The summed E-state index contributed by atoms with van der Waals surface area (Å²) in [6.45, 7) is 7.91. The lowest BCUT2D eigenvalue weighted by molar-refractivity contribution is 0.0704. The van der Waals surface area contributed by atoms with Crippen LogP contribution in [0, 0.1) is 0 Å². The number of aromatic nitrogens is 2. The van der Waals surface area contributed by atoms with Crippen molar-refractivity contribution in [3.63, 3.8) is 0 Å². The maximum absolute atomic E-state index is 12.9. The first-order valence-electron chi connectivity index (χ1n) is 10.3. The maximum Gasteiger partial charge on any atom is 0.253 e. The van der Waals surface area contributed by atoms with Gasteiger partial charge in [-0.1, -0.05) is 54.0 Å². The Hall–Kier alpha value is -2.47. The van der Waals surface area contributed by atoms with Crippen molar-refractivity contribution in [2.75, 3.05) is 13.1 Å². The molecule has 3 aromatic rings. The lowest BCUT2D eigenvalue weighted by Crippen LogP contribution is -2.38. The Bertz CT molecular complexity index is 1010. The average Bonchev–Trinajstić information content (AvgIpc) is 3.24. The Morgan fingerprint density at radius 2 is 1.67 bits per heavy atom. The summed E-state index contributed by atoms with van der Waals surface area (Å²) < 4.78 is 6.55. The standard InChI is InChI=1S/C24H26BrN3O2/c1-24(2,3)19-8-4-18(5-9-19)23(29)28-14-12-17(13-15-28)22-26-21(27-30-22)16-6-10-20(25)11-7-16/h4-11,17H,12-15H2,1-3H3. The van der Waals surface area contributed by atoms with Gasteiger partial charge in [0.2, 0.25) is 11.7 Å². The zero-order chi connectivity index (χ0) is 21.3. The van der Waals surface area contributed by atoms with Crippen LogP contribution in [0.15, 0.2) is 57.5 Å². The fourth-order valence-corrected chi connectivity index (χ4v) is 4.01. The summed E-state index contributed by atoms with van der Waals surface area (Å²) in [7, 11) is 0. The second-order valence-corrected chi connectivity index (χ2v) is 9.77. The van der Waals surface area contributed by atoms with Gasteiger partial charge in [-0.05, 0) is 60.2 Å². The number of rotatable bonds is 3. The molecule has 6 heteroatoms. The van der Waals surface area contributed by atoms with Crippen LogP contribution in [-0.4, -0.2) is 34.0 Å². The highest BCUT2D eigenvalue weighted by Gasteiger charge is 2.28. The number of nitrogens with zero attached hydrogens (tertiary/aromatic N) is 3. The molecule has 0 atom stereocenters. The number of carbonyl (C=O) groups excluding carboxylic acids is 1. The van der Waals surface area contributed by atoms with E-state index in [1.165, 1.54) is 5.56 Å². The molecule has 0 N–H and O–H groups in total. The molecular weight excluding hydrogens is 442 g/mol. The van der Waals surface area contributed by atoms with Gasteiger partial charge in [0.05, 0.1) is 0 Å². The summed E-state index contributed by atoms with van der Waals surface area (Å²) in [6.07, 6.45) is 1.65. The van der Waals surface area contributed by atoms with Crippen LogP contribution in [-0.2, 0) is 5.41 Å². The van der Waals surface area contributed by atoms with Gasteiger partial charge in [0.1, 0.15) is 0 Å². The highest BCUT2D eigenvalue weighted by Crippen LogP contribution is 2.30. The molecule has 4 rings (SSSR count). The van der Waals surface area contributed by atoms with Crippen LogP contribution in [0.25, 0.3) is 11.4 Å². The van der Waals surface area contributed by atoms with Crippen molar-refractivity contribution in [1.29, 1.82) is 0 Å². The van der Waals surface area contributed by atoms with E-state index in [0.717, 1.165) is 28.4 Å². The molecule has 1 aromatic heterocycles. The molecule has 0 aliphatic carbocycles. The first kappa shape index (κ1) is 20.8. The third-order valence-electron chi connectivity index (χ3n) is 5.67. The van der Waals surface area contributed by atoms with Gasteiger partial charge in [0.15, 0.2) is 0 Å². The first-order valence-corrected chi connectivity index (χ1v) is 11.1. The van der Waals surface area contributed by atoms with E-state index in [9.17, 15) is 4.79 Å². The highest BCUT2D eigenvalue weighted by molar-refractivity contribution is 9.10. The molecule has 5 nitrogen and oxygen atoms in total. The minimum atomic E-state index is 0.0824. The fourth-order valence-electron chi connectivity index (χ4n) is 3.74. The molecule has 1 aliphatic heterocycles. The van der Waals surface area contributed by atoms with Gasteiger partial charge in [-0.15, -0.1) is 0 Å². The highest BCUT2D eigenvalue weighted by atomic mass is 79.9. The van der Waals surface area contributed by atoms with Gasteiger partial charge < -0.3 is 9.42 Å². The molecule has 30 heavy (non-hydrogen) atoms. The van der Waals surface area contributed by atoms with Crippen LogP contribution in [0.5, 0.6) is 0 Å². The molecule has 156 valence electrons. The number of likely N-dealkylation sites (tertiary alicyclic amines) is 1. The van der Waals surface area contributed by atoms with E-state index in [1.54, 1.807) is 0 Å². The Balaban J connectivity index is 1.38. The molecule has 2 heterocycles. The largest absolute Gasteiger partial charge is 0.339 e. The lowest BCUT2D eigenvalue weighted by atomic mass is 9.86. The summed E-state index contributed by atoms with van der Waals surface area (Å²) >= 11 is 3.44. The molecule has 0 bridgehead atoms. The minimum Gasteiger partial charge on any atom is -0.339 e. The third-order valence-corrected chi connectivity index (χ3v) is 6.20. The van der Waals surface area contributed by atoms with Crippen molar-refractivity contribution in [3.05, 3.63) is 70.0 Å². The number of hydrogen-bond donors (Lipinski definition) is 0. The van der Waals surface area contributed by atoms with Gasteiger partial charge in [-0.3, -0.25) is 4.79 Å². The van der Waals surface area contributed by atoms with Gasteiger partial charge in [0.25, 0.3) is 5.91 Å². The number of piperidine rings is 1. The summed E-state index contributed by atoms with van der Waals surface area (Å²) in [4.78, 5) is 19.4. The second kappa shape index (κ2) is 8.34. The smallest absolute Gasteiger partial charge is 0.253 e. The zero-order valence-corrected chi connectivity index (χ0v) is 19.1. The molecule has 1 saturated heterocycles. The van der Waals surface area contributed by atoms with Gasteiger partial charge in [0, 0.05) is 34.6 Å². The number of halogens is 1. The van der Waals surface area contributed by atoms with Crippen molar-refractivity contribution >= 4 is 21.8 Å². The monoisotopic (exact) mass is 467 g/mol. The molecule has 0 spiro atoms.